The maximum absolute atomic E-state index is 13.1. The maximum atomic E-state index is 13.1. The van der Waals surface area contributed by atoms with Crippen LogP contribution in [-0.2, 0) is 10.0 Å². The normalized spacial score (nSPS) is 11.6. The van der Waals surface area contributed by atoms with Crippen molar-refractivity contribution in [1.82, 2.24) is 0 Å². The molecule has 0 saturated heterocycles. The molecule has 0 spiro atoms. The van der Waals surface area contributed by atoms with E-state index in [0.717, 1.165) is 18.2 Å². The first-order chi connectivity index (χ1) is 8.79. The molecule has 0 aliphatic rings. The van der Waals surface area contributed by atoms with E-state index in [9.17, 15) is 21.6 Å². The summed E-state index contributed by atoms with van der Waals surface area (Å²) in [5, 5.41) is 4.95. The van der Waals surface area contributed by atoms with Crippen molar-refractivity contribution in [3.8, 4) is 11.1 Å². The van der Waals surface area contributed by atoms with Crippen molar-refractivity contribution in [1.29, 1.82) is 0 Å². The SMILES string of the molecule is NS(=O)(=O)c1cccc(-c2cc(F)c(F)c(F)c2)c1. The van der Waals surface area contributed by atoms with Crippen LogP contribution < -0.4 is 5.14 Å². The molecule has 0 bridgehead atoms. The summed E-state index contributed by atoms with van der Waals surface area (Å²) in [6.45, 7) is 0. The fourth-order valence-electron chi connectivity index (χ4n) is 1.57. The Morgan fingerprint density at radius 1 is 0.895 bits per heavy atom. The highest BCUT2D eigenvalue weighted by atomic mass is 32.2. The van der Waals surface area contributed by atoms with Gasteiger partial charge in [-0.3, -0.25) is 0 Å². The average Bonchev–Trinajstić information content (AvgIpc) is 2.34. The first-order valence-corrected chi connectivity index (χ1v) is 6.61. The minimum atomic E-state index is -3.92. The number of sulfonamides is 1. The molecular weight excluding hydrogens is 279 g/mol. The van der Waals surface area contributed by atoms with Crippen LogP contribution in [0.25, 0.3) is 11.1 Å². The van der Waals surface area contributed by atoms with Gasteiger partial charge >= 0.3 is 0 Å². The summed E-state index contributed by atoms with van der Waals surface area (Å²) in [7, 11) is -3.92. The Balaban J connectivity index is 2.60. The number of hydrogen-bond donors (Lipinski definition) is 1. The second kappa shape index (κ2) is 4.67. The Bertz CT molecular complexity index is 721. The lowest BCUT2D eigenvalue weighted by atomic mass is 10.1. The van der Waals surface area contributed by atoms with Crippen LogP contribution in [0.5, 0.6) is 0 Å². The number of rotatable bonds is 2. The van der Waals surface area contributed by atoms with Crippen molar-refractivity contribution in [3.63, 3.8) is 0 Å². The highest BCUT2D eigenvalue weighted by molar-refractivity contribution is 7.89. The second-order valence-corrected chi connectivity index (χ2v) is 5.39. The third-order valence-electron chi connectivity index (χ3n) is 2.48. The van der Waals surface area contributed by atoms with Crippen molar-refractivity contribution in [2.75, 3.05) is 0 Å². The molecule has 0 atom stereocenters. The highest BCUT2D eigenvalue weighted by Gasteiger charge is 2.13. The number of nitrogens with two attached hydrogens (primary N) is 1. The minimum Gasteiger partial charge on any atom is -0.225 e. The van der Waals surface area contributed by atoms with Gasteiger partial charge in [-0.15, -0.1) is 0 Å². The predicted octanol–water partition coefficient (Wildman–Crippen LogP) is 2.42. The number of hydrogen-bond acceptors (Lipinski definition) is 2. The van der Waals surface area contributed by atoms with E-state index >= 15 is 0 Å². The third-order valence-corrected chi connectivity index (χ3v) is 3.39. The molecule has 0 fully saturated rings. The minimum absolute atomic E-state index is 0.0156. The van der Waals surface area contributed by atoms with Gasteiger partial charge in [0.25, 0.3) is 0 Å². The second-order valence-electron chi connectivity index (χ2n) is 3.83. The summed E-state index contributed by atoms with van der Waals surface area (Å²) in [6.07, 6.45) is 0. The monoisotopic (exact) mass is 287 g/mol. The molecule has 0 aliphatic carbocycles. The Morgan fingerprint density at radius 2 is 1.47 bits per heavy atom. The molecule has 2 aromatic carbocycles. The fourth-order valence-corrected chi connectivity index (χ4v) is 2.13. The van der Waals surface area contributed by atoms with Crippen LogP contribution in [-0.4, -0.2) is 8.42 Å². The van der Waals surface area contributed by atoms with Gasteiger partial charge in [-0.25, -0.2) is 26.7 Å². The van der Waals surface area contributed by atoms with E-state index < -0.39 is 27.5 Å². The summed E-state index contributed by atoms with van der Waals surface area (Å²) in [4.78, 5) is -0.199. The smallest absolute Gasteiger partial charge is 0.225 e. The van der Waals surface area contributed by atoms with Crippen LogP contribution in [0.15, 0.2) is 41.3 Å². The molecule has 0 unspecified atom stereocenters. The first-order valence-electron chi connectivity index (χ1n) is 5.07. The van der Waals surface area contributed by atoms with E-state index in [1.807, 2.05) is 0 Å². The number of halogens is 3. The Morgan fingerprint density at radius 3 is 2.00 bits per heavy atom. The van der Waals surface area contributed by atoms with Gasteiger partial charge in [-0.2, -0.15) is 0 Å². The van der Waals surface area contributed by atoms with Crippen molar-refractivity contribution >= 4 is 10.0 Å². The van der Waals surface area contributed by atoms with Crippen molar-refractivity contribution < 1.29 is 21.6 Å². The molecule has 100 valence electrons. The fraction of sp³-hybridized carbons (Fsp3) is 0. The van der Waals surface area contributed by atoms with Gasteiger partial charge in [0.05, 0.1) is 4.90 Å². The van der Waals surface area contributed by atoms with Gasteiger partial charge in [-0.1, -0.05) is 12.1 Å². The molecule has 19 heavy (non-hydrogen) atoms. The maximum Gasteiger partial charge on any atom is 0.238 e. The Hall–Kier alpha value is -1.86. The van der Waals surface area contributed by atoms with Gasteiger partial charge < -0.3 is 0 Å². The largest absolute Gasteiger partial charge is 0.238 e. The molecule has 0 heterocycles. The molecule has 7 heteroatoms. The van der Waals surface area contributed by atoms with Gasteiger partial charge in [0.1, 0.15) is 0 Å². The zero-order chi connectivity index (χ0) is 14.2. The summed E-state index contributed by atoms with van der Waals surface area (Å²) < 4.78 is 61.4. The lowest BCUT2D eigenvalue weighted by Crippen LogP contribution is -2.11. The van der Waals surface area contributed by atoms with Crippen LogP contribution in [0, 0.1) is 17.5 Å². The van der Waals surface area contributed by atoms with Gasteiger partial charge in [0.2, 0.25) is 10.0 Å². The Labute approximate surface area is 107 Å². The molecule has 0 saturated carbocycles. The van der Waals surface area contributed by atoms with E-state index in [-0.39, 0.29) is 16.0 Å². The van der Waals surface area contributed by atoms with E-state index in [0.29, 0.717) is 0 Å². The van der Waals surface area contributed by atoms with E-state index in [1.54, 1.807) is 0 Å². The van der Waals surface area contributed by atoms with E-state index in [4.69, 9.17) is 5.14 Å². The third kappa shape index (κ3) is 2.77. The topological polar surface area (TPSA) is 60.2 Å². The molecule has 2 aromatic rings. The van der Waals surface area contributed by atoms with Crippen LogP contribution >= 0.6 is 0 Å². The lowest BCUT2D eigenvalue weighted by Gasteiger charge is -2.05. The standard InChI is InChI=1S/C12H8F3NO2S/c13-10-5-8(6-11(14)12(10)15)7-2-1-3-9(4-7)19(16,17)18/h1-6H,(H2,16,17,18). The van der Waals surface area contributed by atoms with Gasteiger partial charge in [-0.05, 0) is 35.4 Å². The van der Waals surface area contributed by atoms with Gasteiger partial charge in [0, 0.05) is 0 Å². The summed E-state index contributed by atoms with van der Waals surface area (Å²) in [5.74, 6) is -4.28. The molecule has 2 N–H and O–H groups in total. The molecule has 0 aliphatic heterocycles. The molecule has 3 nitrogen and oxygen atoms in total. The highest BCUT2D eigenvalue weighted by Crippen LogP contribution is 2.25. The summed E-state index contributed by atoms with van der Waals surface area (Å²) >= 11 is 0. The number of benzene rings is 2. The summed E-state index contributed by atoms with van der Waals surface area (Å²) in [6, 6.07) is 6.76. The number of primary sulfonamides is 1. The van der Waals surface area contributed by atoms with Crippen LogP contribution in [0.2, 0.25) is 0 Å². The molecule has 0 radical (unpaired) electrons. The van der Waals surface area contributed by atoms with E-state index in [2.05, 4.69) is 0 Å². The predicted molar refractivity (Wildman–Crippen MR) is 63.1 cm³/mol. The quantitative estimate of drug-likeness (QED) is 0.862. The molecule has 0 aromatic heterocycles. The van der Waals surface area contributed by atoms with Gasteiger partial charge in [0.15, 0.2) is 17.5 Å². The van der Waals surface area contributed by atoms with Crippen molar-refractivity contribution in [2.24, 2.45) is 5.14 Å². The van der Waals surface area contributed by atoms with Crippen molar-refractivity contribution in [2.45, 2.75) is 4.90 Å². The Kier molecular flexibility index (Phi) is 3.34. The zero-order valence-corrected chi connectivity index (χ0v) is 10.2. The first kappa shape index (κ1) is 13.6. The molecular formula is C12H8F3NO2S. The lowest BCUT2D eigenvalue weighted by molar-refractivity contribution is 0.447. The van der Waals surface area contributed by atoms with Crippen molar-refractivity contribution in [3.05, 3.63) is 53.8 Å². The average molecular weight is 287 g/mol. The van der Waals surface area contributed by atoms with Crippen LogP contribution in [0.3, 0.4) is 0 Å². The zero-order valence-electron chi connectivity index (χ0n) is 9.40. The molecule has 2 rings (SSSR count). The van der Waals surface area contributed by atoms with Crippen LogP contribution in [0.1, 0.15) is 0 Å². The van der Waals surface area contributed by atoms with Crippen LogP contribution in [0.4, 0.5) is 13.2 Å². The summed E-state index contributed by atoms with van der Waals surface area (Å²) in [5.41, 5.74) is 0.228. The molecule has 0 amide bonds. The van der Waals surface area contributed by atoms with E-state index in [1.165, 1.54) is 18.2 Å².